The van der Waals surface area contributed by atoms with Gasteiger partial charge >= 0.3 is 7.60 Å². The van der Waals surface area contributed by atoms with Crippen molar-refractivity contribution in [2.75, 3.05) is 42.6 Å². The zero-order valence-electron chi connectivity index (χ0n) is 10.7. The molecule has 1 aliphatic heterocycles. The molecular formula is C11H17N2O5P. The third-order valence-electron chi connectivity index (χ3n) is 3.09. The van der Waals surface area contributed by atoms with Gasteiger partial charge in [-0.2, -0.15) is 0 Å². The molecule has 1 heterocycles. The largest absolute Gasteiger partial charge is 0.380 e. The molecule has 1 atom stereocenters. The molecule has 7 nitrogen and oxygen atoms in total. The molecule has 0 fully saturated rings. The Kier molecular flexibility index (Phi) is 4.08. The van der Waals surface area contributed by atoms with E-state index in [0.717, 1.165) is 6.42 Å². The fourth-order valence-corrected chi connectivity index (χ4v) is 3.20. The number of nitrogens with zero attached hydrogens (tertiary/aromatic N) is 1. The Balaban J connectivity index is 2.09. The van der Waals surface area contributed by atoms with E-state index in [4.69, 9.17) is 4.52 Å². The minimum atomic E-state index is -3.61. The van der Waals surface area contributed by atoms with E-state index in [0.29, 0.717) is 24.5 Å². The summed E-state index contributed by atoms with van der Waals surface area (Å²) in [5.41, 5.74) is -0.335. The van der Waals surface area contributed by atoms with Gasteiger partial charge in [0.05, 0.1) is 12.8 Å². The molecule has 0 spiro atoms. The highest BCUT2D eigenvalue weighted by molar-refractivity contribution is 7.52. The average Bonchev–Trinajstić information content (AvgIpc) is 2.55. The van der Waals surface area contributed by atoms with Crippen molar-refractivity contribution >= 4 is 19.0 Å². The summed E-state index contributed by atoms with van der Waals surface area (Å²) in [5, 5.41) is 2.92. The second-order valence-electron chi connectivity index (χ2n) is 4.43. The first kappa shape index (κ1) is 14.2. The molecule has 2 rings (SSSR count). The number of rotatable bonds is 5. The molecule has 2 N–H and O–H groups in total. The van der Waals surface area contributed by atoms with E-state index in [1.807, 2.05) is 0 Å². The van der Waals surface area contributed by atoms with Gasteiger partial charge in [0.2, 0.25) is 0 Å². The first-order chi connectivity index (χ1) is 8.96. The summed E-state index contributed by atoms with van der Waals surface area (Å²) in [6.07, 6.45) is 0.705. The quantitative estimate of drug-likeness (QED) is 0.587. The number of fused-ring (bicyclic) bond motifs is 1. The van der Waals surface area contributed by atoms with Crippen LogP contribution in [0.3, 0.4) is 0 Å². The fraction of sp³-hybridized carbons (Fsp3) is 0.636. The van der Waals surface area contributed by atoms with E-state index in [2.05, 4.69) is 5.32 Å². The summed E-state index contributed by atoms with van der Waals surface area (Å²) in [5.74, 6) is 0. The second-order valence-corrected chi connectivity index (χ2v) is 6.41. The zero-order valence-corrected chi connectivity index (χ0v) is 11.6. The summed E-state index contributed by atoms with van der Waals surface area (Å²) in [7, 11) is -3.61. The summed E-state index contributed by atoms with van der Waals surface area (Å²) in [4.78, 5) is 34.2. The van der Waals surface area contributed by atoms with Gasteiger partial charge in [0.1, 0.15) is 11.4 Å². The van der Waals surface area contributed by atoms with E-state index in [1.54, 1.807) is 11.8 Å². The van der Waals surface area contributed by atoms with Gasteiger partial charge in [-0.05, 0) is 13.3 Å². The lowest BCUT2D eigenvalue weighted by Gasteiger charge is -2.25. The molecule has 1 unspecified atom stereocenters. The summed E-state index contributed by atoms with van der Waals surface area (Å²) < 4.78 is 16.4. The van der Waals surface area contributed by atoms with Crippen molar-refractivity contribution in [3.8, 4) is 0 Å². The molecule has 0 saturated heterocycles. The van der Waals surface area contributed by atoms with Crippen molar-refractivity contribution in [3.63, 3.8) is 0 Å². The van der Waals surface area contributed by atoms with Crippen LogP contribution in [-0.4, -0.2) is 37.3 Å². The lowest BCUT2D eigenvalue weighted by Crippen LogP contribution is -2.42. The highest BCUT2D eigenvalue weighted by atomic mass is 31.2. The van der Waals surface area contributed by atoms with Gasteiger partial charge < -0.3 is 19.6 Å². The Morgan fingerprint density at radius 1 is 1.42 bits per heavy atom. The molecular weight excluding hydrogens is 271 g/mol. The lowest BCUT2D eigenvalue weighted by molar-refractivity contribution is 0.274. The summed E-state index contributed by atoms with van der Waals surface area (Å²) >= 11 is 0. The van der Waals surface area contributed by atoms with E-state index < -0.39 is 18.5 Å². The maximum absolute atomic E-state index is 11.6. The first-order valence-corrected chi connectivity index (χ1v) is 8.01. The molecule has 8 heteroatoms. The van der Waals surface area contributed by atoms with Crippen LogP contribution in [0.4, 0.5) is 11.4 Å². The predicted octanol–water partition coefficient (Wildman–Crippen LogP) is 0.127. The van der Waals surface area contributed by atoms with Crippen LogP contribution < -0.4 is 21.1 Å². The SMILES string of the molecule is CCOP(=O)(O)CCN1CCCNc2c1c(=O)c2=O. The molecule has 106 valence electrons. The minimum absolute atomic E-state index is 0.0565. The molecule has 0 saturated carbocycles. The van der Waals surface area contributed by atoms with Crippen LogP contribution in [0.1, 0.15) is 13.3 Å². The normalized spacial score (nSPS) is 18.5. The van der Waals surface area contributed by atoms with Gasteiger partial charge in [-0.3, -0.25) is 14.2 Å². The second kappa shape index (κ2) is 5.45. The highest BCUT2D eigenvalue weighted by Gasteiger charge is 2.29. The van der Waals surface area contributed by atoms with Crippen molar-refractivity contribution in [1.29, 1.82) is 0 Å². The van der Waals surface area contributed by atoms with Crippen LogP contribution in [0.2, 0.25) is 0 Å². The van der Waals surface area contributed by atoms with Crippen molar-refractivity contribution < 1.29 is 14.0 Å². The molecule has 0 aliphatic carbocycles. The monoisotopic (exact) mass is 288 g/mol. The van der Waals surface area contributed by atoms with E-state index in [9.17, 15) is 19.0 Å². The van der Waals surface area contributed by atoms with Gasteiger partial charge in [-0.15, -0.1) is 0 Å². The van der Waals surface area contributed by atoms with Crippen LogP contribution in [0.5, 0.6) is 0 Å². The van der Waals surface area contributed by atoms with Gasteiger partial charge in [0.15, 0.2) is 0 Å². The Hall–Kier alpha value is -1.17. The first-order valence-electron chi connectivity index (χ1n) is 6.25. The van der Waals surface area contributed by atoms with Crippen molar-refractivity contribution in [2.24, 2.45) is 0 Å². The molecule has 1 aromatic carbocycles. The molecule has 0 aromatic heterocycles. The predicted molar refractivity (Wildman–Crippen MR) is 73.0 cm³/mol. The van der Waals surface area contributed by atoms with Crippen molar-refractivity contribution in [1.82, 2.24) is 0 Å². The molecule has 0 radical (unpaired) electrons. The molecule has 1 aromatic rings. The number of hydrogen-bond acceptors (Lipinski definition) is 6. The number of hydrogen-bond donors (Lipinski definition) is 2. The number of anilines is 2. The van der Waals surface area contributed by atoms with Crippen LogP contribution in [0.25, 0.3) is 0 Å². The number of nitrogens with one attached hydrogen (secondary N) is 1. The maximum Gasteiger partial charge on any atom is 0.329 e. The van der Waals surface area contributed by atoms with Gasteiger partial charge in [0, 0.05) is 19.6 Å². The highest BCUT2D eigenvalue weighted by Crippen LogP contribution is 2.41. The van der Waals surface area contributed by atoms with Gasteiger partial charge in [0.25, 0.3) is 10.9 Å². The minimum Gasteiger partial charge on any atom is -0.380 e. The lowest BCUT2D eigenvalue weighted by atomic mass is 10.2. The Morgan fingerprint density at radius 2 is 2.16 bits per heavy atom. The third kappa shape index (κ3) is 2.88. The Morgan fingerprint density at radius 3 is 2.84 bits per heavy atom. The van der Waals surface area contributed by atoms with Crippen molar-refractivity contribution in [2.45, 2.75) is 13.3 Å². The Labute approximate surface area is 110 Å². The summed E-state index contributed by atoms with van der Waals surface area (Å²) in [6, 6.07) is 0. The topological polar surface area (TPSA) is 95.9 Å². The third-order valence-corrected chi connectivity index (χ3v) is 4.52. The van der Waals surface area contributed by atoms with Gasteiger partial charge in [-0.25, -0.2) is 0 Å². The maximum atomic E-state index is 11.6. The van der Waals surface area contributed by atoms with Crippen LogP contribution >= 0.6 is 7.60 Å². The van der Waals surface area contributed by atoms with Crippen LogP contribution in [-0.2, 0) is 9.09 Å². The molecule has 1 aliphatic rings. The van der Waals surface area contributed by atoms with Crippen LogP contribution in [0.15, 0.2) is 9.59 Å². The molecule has 0 bridgehead atoms. The smallest absolute Gasteiger partial charge is 0.329 e. The Bertz CT molecular complexity index is 578. The average molecular weight is 288 g/mol. The van der Waals surface area contributed by atoms with E-state index in [-0.39, 0.29) is 19.3 Å². The van der Waals surface area contributed by atoms with E-state index >= 15 is 0 Å². The fourth-order valence-electron chi connectivity index (χ4n) is 2.18. The van der Waals surface area contributed by atoms with E-state index in [1.165, 1.54) is 0 Å². The van der Waals surface area contributed by atoms with Crippen LogP contribution in [0, 0.1) is 0 Å². The van der Waals surface area contributed by atoms with Crippen molar-refractivity contribution in [3.05, 3.63) is 20.4 Å². The summed E-state index contributed by atoms with van der Waals surface area (Å²) in [6.45, 7) is 3.25. The molecule has 19 heavy (non-hydrogen) atoms. The standard InChI is InChI=1S/C11H17N2O5P/c1-2-18-19(16,17)7-6-13-5-3-4-12-8-9(13)11(15)10(8)14/h12H,2-7H2,1H3,(H,16,17). The van der Waals surface area contributed by atoms with Gasteiger partial charge in [-0.1, -0.05) is 0 Å². The molecule has 0 amide bonds. The zero-order chi connectivity index (χ0) is 14.0.